The molecule has 0 aromatic carbocycles. The van der Waals surface area contributed by atoms with Crippen molar-refractivity contribution in [1.29, 1.82) is 0 Å². The minimum atomic E-state index is -1.43. The van der Waals surface area contributed by atoms with Crippen LogP contribution in [0.25, 0.3) is 0 Å². The summed E-state index contributed by atoms with van der Waals surface area (Å²) in [5, 5.41) is 0. The smallest absolute Gasteiger partial charge is 0.350 e. The van der Waals surface area contributed by atoms with E-state index in [1.807, 2.05) is 0 Å². The Labute approximate surface area is 129 Å². The fourth-order valence-corrected chi connectivity index (χ4v) is 2.68. The first kappa shape index (κ1) is 16.5. The maximum Gasteiger partial charge on any atom is 0.350 e. The molecule has 0 radical (unpaired) electrons. The van der Waals surface area contributed by atoms with Crippen molar-refractivity contribution in [1.82, 2.24) is 0 Å². The van der Waals surface area contributed by atoms with Gasteiger partial charge < -0.3 is 14.2 Å². The molecule has 1 saturated carbocycles. The molecule has 0 spiro atoms. The molecule has 0 N–H and O–H groups in total. The van der Waals surface area contributed by atoms with Crippen LogP contribution in [0, 0.1) is 5.92 Å². The van der Waals surface area contributed by atoms with Crippen LogP contribution in [-0.2, 0) is 28.6 Å². The zero-order chi connectivity index (χ0) is 16.7. The van der Waals surface area contributed by atoms with Crippen LogP contribution in [0.3, 0.4) is 0 Å². The van der Waals surface area contributed by atoms with E-state index in [0.29, 0.717) is 19.3 Å². The van der Waals surface area contributed by atoms with Gasteiger partial charge >= 0.3 is 17.9 Å². The van der Waals surface area contributed by atoms with Crippen LogP contribution >= 0.6 is 0 Å². The summed E-state index contributed by atoms with van der Waals surface area (Å²) in [7, 11) is 0. The second-order valence-corrected chi connectivity index (χ2v) is 6.78. The predicted molar refractivity (Wildman–Crippen MR) is 76.7 cm³/mol. The van der Waals surface area contributed by atoms with Crippen molar-refractivity contribution in [2.75, 3.05) is 0 Å². The summed E-state index contributed by atoms with van der Waals surface area (Å²) < 4.78 is 16.0. The van der Waals surface area contributed by atoms with Crippen LogP contribution < -0.4 is 0 Å². The fraction of sp³-hybridized carbons (Fsp3) is 0.688. The Hall–Kier alpha value is -1.85. The van der Waals surface area contributed by atoms with Gasteiger partial charge in [-0.3, -0.25) is 4.79 Å². The van der Waals surface area contributed by atoms with E-state index in [-0.39, 0.29) is 17.5 Å². The van der Waals surface area contributed by atoms with E-state index in [9.17, 15) is 14.4 Å². The van der Waals surface area contributed by atoms with Crippen molar-refractivity contribution in [3.63, 3.8) is 0 Å². The van der Waals surface area contributed by atoms with E-state index >= 15 is 0 Å². The maximum absolute atomic E-state index is 12.4. The van der Waals surface area contributed by atoms with Gasteiger partial charge in [-0.25, -0.2) is 9.59 Å². The van der Waals surface area contributed by atoms with Gasteiger partial charge in [-0.15, -0.1) is 0 Å². The quantitative estimate of drug-likeness (QED) is 0.448. The molecule has 0 aromatic heterocycles. The lowest BCUT2D eigenvalue weighted by Crippen LogP contribution is -2.50. The van der Waals surface area contributed by atoms with Crippen molar-refractivity contribution >= 4 is 17.9 Å². The van der Waals surface area contributed by atoms with Crippen molar-refractivity contribution in [3.05, 3.63) is 12.2 Å². The third kappa shape index (κ3) is 3.00. The van der Waals surface area contributed by atoms with Crippen molar-refractivity contribution in [3.8, 4) is 0 Å². The number of hydrogen-bond acceptors (Lipinski definition) is 6. The lowest BCUT2D eigenvalue weighted by Gasteiger charge is -2.38. The first-order valence-electron chi connectivity index (χ1n) is 7.38. The highest BCUT2D eigenvalue weighted by Crippen LogP contribution is 2.43. The Kier molecular flexibility index (Phi) is 4.06. The van der Waals surface area contributed by atoms with Gasteiger partial charge in [0.25, 0.3) is 0 Å². The summed E-state index contributed by atoms with van der Waals surface area (Å²) in [4.78, 5) is 35.6. The number of ether oxygens (including phenoxy) is 3. The molecule has 1 saturated heterocycles. The number of esters is 3. The van der Waals surface area contributed by atoms with E-state index in [0.717, 1.165) is 0 Å². The molecule has 2 fully saturated rings. The maximum atomic E-state index is 12.4. The average molecular weight is 310 g/mol. The molecule has 6 heteroatoms. The van der Waals surface area contributed by atoms with Crippen molar-refractivity contribution < 1.29 is 28.6 Å². The van der Waals surface area contributed by atoms with Crippen LogP contribution in [-0.4, -0.2) is 35.2 Å². The molecule has 3 atom stereocenters. The Balaban J connectivity index is 2.06. The van der Waals surface area contributed by atoms with Crippen LogP contribution in [0.2, 0.25) is 0 Å². The molecule has 122 valence electrons. The molecule has 0 aromatic rings. The van der Waals surface area contributed by atoms with Gasteiger partial charge in [0.05, 0.1) is 5.92 Å². The van der Waals surface area contributed by atoms with Gasteiger partial charge in [-0.1, -0.05) is 6.58 Å². The van der Waals surface area contributed by atoms with Crippen LogP contribution in [0.15, 0.2) is 12.2 Å². The highest BCUT2D eigenvalue weighted by molar-refractivity contribution is 5.90. The predicted octanol–water partition coefficient (Wildman–Crippen LogP) is 1.91. The van der Waals surface area contributed by atoms with Crippen LogP contribution in [0.1, 0.15) is 47.0 Å². The van der Waals surface area contributed by atoms with Gasteiger partial charge in [-0.05, 0) is 40.5 Å². The largest absolute Gasteiger partial charge is 0.458 e. The lowest BCUT2D eigenvalue weighted by molar-refractivity contribution is -0.198. The summed E-state index contributed by atoms with van der Waals surface area (Å²) in [6.45, 7) is 9.67. The SMILES string of the molecule is C=C(C)C(=O)OC(C)(C)C(=O)OC1(C)CCC2CC1OC2=O. The zero-order valence-electron chi connectivity index (χ0n) is 13.4. The molecule has 2 aliphatic rings. The summed E-state index contributed by atoms with van der Waals surface area (Å²) in [5.41, 5.74) is -2.11. The third-order valence-electron chi connectivity index (χ3n) is 4.27. The first-order valence-corrected chi connectivity index (χ1v) is 7.38. The number of carbonyl (C=O) groups excluding carboxylic acids is 3. The average Bonchev–Trinajstić information content (AvgIpc) is 2.72. The van der Waals surface area contributed by atoms with E-state index in [4.69, 9.17) is 14.2 Å². The van der Waals surface area contributed by atoms with E-state index < -0.39 is 29.2 Å². The number of hydrogen-bond donors (Lipinski definition) is 0. The normalized spacial score (nSPS) is 30.5. The van der Waals surface area contributed by atoms with Gasteiger partial charge in [0.1, 0.15) is 11.7 Å². The van der Waals surface area contributed by atoms with Gasteiger partial charge in [0.2, 0.25) is 5.60 Å². The number of rotatable bonds is 4. The van der Waals surface area contributed by atoms with Crippen molar-refractivity contribution in [2.45, 2.75) is 64.3 Å². The van der Waals surface area contributed by atoms with Crippen molar-refractivity contribution in [2.24, 2.45) is 5.92 Å². The highest BCUT2D eigenvalue weighted by atomic mass is 16.6. The summed E-state index contributed by atoms with van der Waals surface area (Å²) in [5.74, 6) is -1.63. The molecule has 6 nitrogen and oxygen atoms in total. The fourth-order valence-electron chi connectivity index (χ4n) is 2.68. The standard InChI is InChI=1S/C16H22O6/c1-9(2)12(17)21-15(3,4)14(19)22-16(5)7-6-10-8-11(16)20-13(10)18/h10-11H,1,6-8H2,2-5H3. The van der Waals surface area contributed by atoms with E-state index in [2.05, 4.69) is 6.58 Å². The van der Waals surface area contributed by atoms with Gasteiger partial charge in [-0.2, -0.15) is 0 Å². The minimum absolute atomic E-state index is 0.0916. The molecule has 2 rings (SSSR count). The molecule has 1 aliphatic carbocycles. The first-order chi connectivity index (χ1) is 10.0. The summed E-state index contributed by atoms with van der Waals surface area (Å²) in [6.07, 6.45) is 1.31. The molecule has 1 aliphatic heterocycles. The van der Waals surface area contributed by atoms with Gasteiger partial charge in [0, 0.05) is 12.0 Å². The molecule has 0 amide bonds. The summed E-state index contributed by atoms with van der Waals surface area (Å²) >= 11 is 0. The molecule has 3 unspecified atom stereocenters. The Morgan fingerprint density at radius 2 is 2.05 bits per heavy atom. The monoisotopic (exact) mass is 310 g/mol. The molecular formula is C16H22O6. The zero-order valence-corrected chi connectivity index (χ0v) is 13.4. The lowest BCUT2D eigenvalue weighted by atomic mass is 9.79. The second kappa shape index (κ2) is 5.41. The topological polar surface area (TPSA) is 78.9 Å². The van der Waals surface area contributed by atoms with E-state index in [1.165, 1.54) is 20.8 Å². The Morgan fingerprint density at radius 3 is 2.64 bits per heavy atom. The highest BCUT2D eigenvalue weighted by Gasteiger charge is 2.53. The molecule has 22 heavy (non-hydrogen) atoms. The second-order valence-electron chi connectivity index (χ2n) is 6.78. The minimum Gasteiger partial charge on any atom is -0.458 e. The van der Waals surface area contributed by atoms with E-state index in [1.54, 1.807) is 6.92 Å². The van der Waals surface area contributed by atoms with Crippen LogP contribution in [0.5, 0.6) is 0 Å². The Morgan fingerprint density at radius 1 is 1.41 bits per heavy atom. The molecule has 2 bridgehead atoms. The number of carbonyl (C=O) groups is 3. The summed E-state index contributed by atoms with van der Waals surface area (Å²) in [6, 6.07) is 0. The van der Waals surface area contributed by atoms with Crippen LogP contribution in [0.4, 0.5) is 0 Å². The van der Waals surface area contributed by atoms with Gasteiger partial charge in [0.15, 0.2) is 0 Å². The molecular weight excluding hydrogens is 288 g/mol. The number of fused-ring (bicyclic) bond motifs is 2. The Bertz CT molecular complexity index is 535. The third-order valence-corrected chi connectivity index (χ3v) is 4.27. The molecule has 1 heterocycles.